The van der Waals surface area contributed by atoms with E-state index in [4.69, 9.17) is 28.2 Å². The van der Waals surface area contributed by atoms with Crippen molar-refractivity contribution in [2.45, 2.75) is 13.8 Å². The highest BCUT2D eigenvalue weighted by molar-refractivity contribution is 6.22. The second-order valence-electron chi connectivity index (χ2n) is 17.1. The molecule has 7 heteroatoms. The Hall–Kier alpha value is -9.07. The second-order valence-corrected chi connectivity index (χ2v) is 17.1. The van der Waals surface area contributed by atoms with Crippen LogP contribution in [0.1, 0.15) is 13.8 Å². The number of fused-ring (bicyclic) bond motifs is 16. The summed E-state index contributed by atoms with van der Waals surface area (Å²) in [6.45, 7) is 4.00. The molecule has 5 aromatic heterocycles. The first kappa shape index (κ1) is 38.2. The van der Waals surface area contributed by atoms with Crippen molar-refractivity contribution >= 4 is 109 Å². The summed E-state index contributed by atoms with van der Waals surface area (Å²) in [4.78, 5) is 16.2. The molecule has 0 aliphatic rings. The van der Waals surface area contributed by atoms with E-state index in [2.05, 4.69) is 150 Å². The van der Waals surface area contributed by atoms with E-state index in [1.165, 1.54) is 5.39 Å². The molecule has 0 saturated carbocycles. The van der Waals surface area contributed by atoms with Crippen LogP contribution >= 0.6 is 0 Å². The quantitative estimate of drug-likeness (QED) is 0.175. The highest BCUT2D eigenvalue weighted by Crippen LogP contribution is 2.44. The van der Waals surface area contributed by atoms with E-state index in [1.807, 2.05) is 62.4 Å². The molecule has 10 aromatic carbocycles. The summed E-state index contributed by atoms with van der Waals surface area (Å²) in [5.41, 5.74) is 10.6. The van der Waals surface area contributed by atoms with Gasteiger partial charge in [-0.15, -0.1) is 0 Å². The van der Waals surface area contributed by atoms with Crippen LogP contribution in [0.4, 0.5) is 0 Å². The van der Waals surface area contributed by atoms with Crippen LogP contribution in [0.15, 0.2) is 207 Å². The van der Waals surface area contributed by atoms with Crippen LogP contribution in [0.3, 0.4) is 0 Å². The Kier molecular flexibility index (Phi) is 8.28. The van der Waals surface area contributed by atoms with Crippen LogP contribution in [0.25, 0.3) is 149 Å². The summed E-state index contributed by atoms with van der Waals surface area (Å²) < 4.78 is 21.6. The van der Waals surface area contributed by atoms with E-state index in [9.17, 15) is 0 Å². The summed E-state index contributed by atoms with van der Waals surface area (Å²) in [6, 6.07) is 67.5. The van der Waals surface area contributed by atoms with Gasteiger partial charge >= 0.3 is 0 Å². The molecule has 0 amide bonds. The Morgan fingerprint density at radius 3 is 1.50 bits per heavy atom. The normalized spacial score (nSPS) is 12.0. The third kappa shape index (κ3) is 5.63. The van der Waals surface area contributed by atoms with Gasteiger partial charge < -0.3 is 13.3 Å². The van der Waals surface area contributed by atoms with Gasteiger partial charge in [-0.05, 0) is 76.3 Å². The molecule has 0 aliphatic carbocycles. The fourth-order valence-corrected chi connectivity index (χ4v) is 10.4. The summed E-state index contributed by atoms with van der Waals surface area (Å²) in [7, 11) is 0. The summed E-state index contributed by atoms with van der Waals surface area (Å²) >= 11 is 0. The van der Waals surface area contributed by atoms with Gasteiger partial charge in [0, 0.05) is 65.2 Å². The van der Waals surface area contributed by atoms with Gasteiger partial charge in [-0.3, -0.25) is 4.57 Å². The van der Waals surface area contributed by atoms with Crippen molar-refractivity contribution in [2.24, 2.45) is 0 Å². The molecule has 68 heavy (non-hydrogen) atoms. The van der Waals surface area contributed by atoms with Gasteiger partial charge in [0.15, 0.2) is 11.6 Å². The van der Waals surface area contributed by atoms with E-state index >= 15 is 0 Å². The third-order valence-corrected chi connectivity index (χ3v) is 13.4. The van der Waals surface area contributed by atoms with Crippen molar-refractivity contribution in [3.05, 3.63) is 194 Å². The van der Waals surface area contributed by atoms with Crippen molar-refractivity contribution in [2.75, 3.05) is 0 Å². The maximum absolute atomic E-state index is 6.48. The predicted molar refractivity (Wildman–Crippen MR) is 279 cm³/mol. The maximum Gasteiger partial charge on any atom is 0.238 e. The molecule has 7 nitrogen and oxygen atoms in total. The molecular formula is C61H38N4O3. The second kappa shape index (κ2) is 14.7. The molecule has 0 aliphatic heterocycles. The molecule has 320 valence electrons. The van der Waals surface area contributed by atoms with Crippen molar-refractivity contribution < 1.29 is 13.3 Å². The first-order chi connectivity index (χ1) is 33.7. The smallest absolute Gasteiger partial charge is 0.238 e. The Morgan fingerprint density at radius 1 is 0.324 bits per heavy atom. The molecule has 15 aromatic rings. The number of benzene rings is 10. The molecule has 0 spiro atoms. The van der Waals surface area contributed by atoms with Crippen molar-refractivity contribution in [1.82, 2.24) is 19.5 Å². The number of para-hydroxylation sites is 3. The Balaban J connectivity index is 0.00000216. The minimum Gasteiger partial charge on any atom is -0.456 e. The number of nitrogens with zero attached hydrogens (tertiary/aromatic N) is 4. The van der Waals surface area contributed by atoms with Crippen LogP contribution < -0.4 is 0 Å². The molecule has 0 unspecified atom stereocenters. The lowest BCUT2D eigenvalue weighted by molar-refractivity contribution is 0.668. The van der Waals surface area contributed by atoms with Gasteiger partial charge in [-0.2, -0.15) is 9.97 Å². The van der Waals surface area contributed by atoms with Gasteiger partial charge in [-0.25, -0.2) is 4.98 Å². The summed E-state index contributed by atoms with van der Waals surface area (Å²) in [5.74, 6) is 1.54. The van der Waals surface area contributed by atoms with Crippen molar-refractivity contribution in [3.63, 3.8) is 0 Å². The summed E-state index contributed by atoms with van der Waals surface area (Å²) in [6.07, 6.45) is 0. The molecule has 15 rings (SSSR count). The van der Waals surface area contributed by atoms with Crippen LogP contribution in [-0.4, -0.2) is 19.5 Å². The predicted octanol–water partition coefficient (Wildman–Crippen LogP) is 17.0. The summed E-state index contributed by atoms with van der Waals surface area (Å²) in [5, 5.41) is 13.1. The monoisotopic (exact) mass is 874 g/mol. The highest BCUT2D eigenvalue weighted by Gasteiger charge is 2.24. The van der Waals surface area contributed by atoms with E-state index in [1.54, 1.807) is 0 Å². The van der Waals surface area contributed by atoms with Crippen LogP contribution in [0.2, 0.25) is 0 Å². The maximum atomic E-state index is 6.48. The zero-order valence-electron chi connectivity index (χ0n) is 37.0. The largest absolute Gasteiger partial charge is 0.456 e. The number of hydrogen-bond acceptors (Lipinski definition) is 6. The lowest BCUT2D eigenvalue weighted by Crippen LogP contribution is -2.07. The van der Waals surface area contributed by atoms with E-state index in [0.29, 0.717) is 17.6 Å². The van der Waals surface area contributed by atoms with E-state index < -0.39 is 0 Å². The Labute approximate surface area is 388 Å². The highest BCUT2D eigenvalue weighted by atomic mass is 16.3. The molecule has 0 N–H and O–H groups in total. The fraction of sp³-hybridized carbons (Fsp3) is 0.0328. The Morgan fingerprint density at radius 2 is 0.809 bits per heavy atom. The lowest BCUT2D eigenvalue weighted by Gasteiger charge is -2.14. The minimum absolute atomic E-state index is 0.494. The Bertz CT molecular complexity index is 4420. The topological polar surface area (TPSA) is 83.0 Å². The van der Waals surface area contributed by atoms with Gasteiger partial charge in [0.2, 0.25) is 5.95 Å². The van der Waals surface area contributed by atoms with Crippen molar-refractivity contribution in [3.8, 4) is 39.9 Å². The molecule has 5 heterocycles. The standard InChI is InChI=1S/C59H32N4O3.C2H6/c1-3-12-38-33(10-1)23-29-51-54(38)47-30-35(24-28-50(47)64-51)40-16-9-17-45-46-27-20-34-11-2-4-13-39(34)55(46)63(56(40)45)59-61-57(36-21-25-43-41-14-5-7-18-48(41)65-52(43)31-36)60-58(62-59)37-22-26-44-42-15-6-8-19-49(42)66-53(44)32-37;1-2/h1-32H;1-2H3. The average Bonchev–Trinajstić information content (AvgIpc) is 4.17. The first-order valence-electron chi connectivity index (χ1n) is 23.1. The van der Waals surface area contributed by atoms with E-state index in [0.717, 1.165) is 126 Å². The van der Waals surface area contributed by atoms with Gasteiger partial charge in [0.25, 0.3) is 0 Å². The third-order valence-electron chi connectivity index (χ3n) is 13.4. The van der Waals surface area contributed by atoms with Crippen LogP contribution in [-0.2, 0) is 0 Å². The molecular weight excluding hydrogens is 837 g/mol. The van der Waals surface area contributed by atoms with Gasteiger partial charge in [0.1, 0.15) is 33.5 Å². The SMILES string of the molecule is CC.c1ccc2c(c1)ccc1oc3ccc(-c4cccc5c6ccc7ccccc7c6n(-c6nc(-c7ccc8c(c7)oc7ccccc78)nc(-c7ccc8c(c7)oc7ccccc78)n6)c45)cc3c12. The van der Waals surface area contributed by atoms with Crippen LogP contribution in [0, 0.1) is 0 Å². The number of aromatic nitrogens is 4. The van der Waals surface area contributed by atoms with Gasteiger partial charge in [0.05, 0.1) is 11.0 Å². The number of furan rings is 3. The zero-order valence-corrected chi connectivity index (χ0v) is 37.0. The molecule has 0 radical (unpaired) electrons. The first-order valence-corrected chi connectivity index (χ1v) is 23.1. The van der Waals surface area contributed by atoms with E-state index in [-0.39, 0.29) is 0 Å². The van der Waals surface area contributed by atoms with Gasteiger partial charge in [-0.1, -0.05) is 153 Å². The molecule has 0 bridgehead atoms. The van der Waals surface area contributed by atoms with Crippen molar-refractivity contribution in [1.29, 1.82) is 0 Å². The van der Waals surface area contributed by atoms with Crippen LogP contribution in [0.5, 0.6) is 0 Å². The fourth-order valence-electron chi connectivity index (χ4n) is 10.4. The molecule has 0 atom stereocenters. The molecule has 0 saturated heterocycles. The minimum atomic E-state index is 0.494. The zero-order chi connectivity index (χ0) is 45.0. The molecule has 0 fully saturated rings. The lowest BCUT2D eigenvalue weighted by atomic mass is 9.98. The number of hydrogen-bond donors (Lipinski definition) is 0. The number of rotatable bonds is 4. The average molecular weight is 875 g/mol.